The van der Waals surface area contributed by atoms with E-state index >= 15 is 0 Å². The maximum Gasteiger partial charge on any atom is 0.00721 e. The molecule has 0 radical (unpaired) electrons. The molecule has 0 aliphatic carbocycles. The highest BCUT2D eigenvalue weighted by atomic mass is 32.2. The van der Waals surface area contributed by atoms with Crippen LogP contribution in [0.4, 0.5) is 0 Å². The number of hydrogen-bond acceptors (Lipinski definition) is 2. The molecule has 1 aromatic rings. The Kier molecular flexibility index (Phi) is 5.07. The molecule has 0 saturated carbocycles. The summed E-state index contributed by atoms with van der Waals surface area (Å²) in [5.41, 5.74) is 1.66. The van der Waals surface area contributed by atoms with E-state index in [0.29, 0.717) is 0 Å². The SMILES string of the molecule is CC(C)(C)c1ccc(SCCCS)cc1. The van der Waals surface area contributed by atoms with Gasteiger partial charge in [0, 0.05) is 4.90 Å². The molecule has 1 rings (SSSR count). The van der Waals surface area contributed by atoms with E-state index in [0.717, 1.165) is 5.75 Å². The number of benzene rings is 1. The van der Waals surface area contributed by atoms with Gasteiger partial charge < -0.3 is 0 Å². The smallest absolute Gasteiger partial charge is 0.00721 e. The van der Waals surface area contributed by atoms with Crippen molar-refractivity contribution in [3.05, 3.63) is 29.8 Å². The van der Waals surface area contributed by atoms with Crippen LogP contribution >= 0.6 is 24.4 Å². The van der Waals surface area contributed by atoms with Crippen molar-refractivity contribution in [1.29, 1.82) is 0 Å². The Morgan fingerprint density at radius 1 is 1.13 bits per heavy atom. The summed E-state index contributed by atoms with van der Waals surface area (Å²) in [5.74, 6) is 2.14. The molecule has 0 atom stereocenters. The van der Waals surface area contributed by atoms with Gasteiger partial charge in [0.05, 0.1) is 0 Å². The second kappa shape index (κ2) is 5.86. The van der Waals surface area contributed by atoms with Gasteiger partial charge in [-0.25, -0.2) is 0 Å². The van der Waals surface area contributed by atoms with Crippen molar-refractivity contribution < 1.29 is 0 Å². The molecule has 0 aliphatic rings. The van der Waals surface area contributed by atoms with E-state index in [-0.39, 0.29) is 5.41 Å². The van der Waals surface area contributed by atoms with Crippen LogP contribution in [0, 0.1) is 0 Å². The first-order valence-corrected chi connectivity index (χ1v) is 7.00. The average Bonchev–Trinajstić information content (AvgIpc) is 2.18. The summed E-state index contributed by atoms with van der Waals surface area (Å²) in [4.78, 5) is 1.37. The zero-order valence-corrected chi connectivity index (χ0v) is 11.5. The normalized spacial score (nSPS) is 11.7. The molecule has 0 heterocycles. The highest BCUT2D eigenvalue weighted by Crippen LogP contribution is 2.25. The van der Waals surface area contributed by atoms with Crippen LogP contribution in [0.2, 0.25) is 0 Å². The topological polar surface area (TPSA) is 0 Å². The highest BCUT2D eigenvalue weighted by Gasteiger charge is 2.12. The molecule has 0 bridgehead atoms. The van der Waals surface area contributed by atoms with Crippen molar-refractivity contribution >= 4 is 24.4 Å². The number of rotatable bonds is 4. The Balaban J connectivity index is 2.57. The quantitative estimate of drug-likeness (QED) is 0.462. The van der Waals surface area contributed by atoms with Crippen molar-refractivity contribution in [3.63, 3.8) is 0 Å². The molecule has 0 N–H and O–H groups in total. The Labute approximate surface area is 103 Å². The van der Waals surface area contributed by atoms with Crippen molar-refractivity contribution in [2.24, 2.45) is 0 Å². The molecule has 15 heavy (non-hydrogen) atoms. The summed E-state index contributed by atoms with van der Waals surface area (Å²) in [6, 6.07) is 8.93. The Hall–Kier alpha value is -0.0800. The fraction of sp³-hybridized carbons (Fsp3) is 0.538. The Morgan fingerprint density at radius 3 is 2.20 bits per heavy atom. The maximum atomic E-state index is 4.21. The zero-order chi connectivity index (χ0) is 11.3. The molecule has 0 unspecified atom stereocenters. The lowest BCUT2D eigenvalue weighted by Crippen LogP contribution is -2.10. The zero-order valence-electron chi connectivity index (χ0n) is 9.79. The predicted molar refractivity (Wildman–Crippen MR) is 74.3 cm³/mol. The van der Waals surface area contributed by atoms with Crippen LogP contribution in [-0.4, -0.2) is 11.5 Å². The van der Waals surface area contributed by atoms with Gasteiger partial charge in [0.2, 0.25) is 0 Å². The molecule has 0 fully saturated rings. The molecule has 0 nitrogen and oxygen atoms in total. The predicted octanol–water partition coefficient (Wildman–Crippen LogP) is 4.40. The number of thioether (sulfide) groups is 1. The third kappa shape index (κ3) is 4.52. The van der Waals surface area contributed by atoms with E-state index in [1.807, 2.05) is 11.8 Å². The van der Waals surface area contributed by atoms with Gasteiger partial charge in [0.25, 0.3) is 0 Å². The molecular weight excluding hydrogens is 220 g/mol. The maximum absolute atomic E-state index is 4.21. The average molecular weight is 240 g/mol. The molecule has 84 valence electrons. The first kappa shape index (κ1) is 13.0. The van der Waals surface area contributed by atoms with Gasteiger partial charge in [-0.1, -0.05) is 32.9 Å². The molecule has 2 heteroatoms. The molecule has 0 saturated heterocycles. The van der Waals surface area contributed by atoms with Gasteiger partial charge in [-0.15, -0.1) is 11.8 Å². The van der Waals surface area contributed by atoms with Crippen LogP contribution < -0.4 is 0 Å². The fourth-order valence-corrected chi connectivity index (χ4v) is 2.53. The molecule has 0 aromatic heterocycles. The van der Waals surface area contributed by atoms with Gasteiger partial charge in [0.1, 0.15) is 0 Å². The van der Waals surface area contributed by atoms with E-state index in [1.54, 1.807) is 0 Å². The highest BCUT2D eigenvalue weighted by molar-refractivity contribution is 7.99. The van der Waals surface area contributed by atoms with E-state index in [2.05, 4.69) is 57.7 Å². The lowest BCUT2D eigenvalue weighted by Gasteiger charge is -2.19. The first-order valence-electron chi connectivity index (χ1n) is 5.38. The number of hydrogen-bond donors (Lipinski definition) is 1. The third-order valence-electron chi connectivity index (χ3n) is 2.29. The summed E-state index contributed by atoms with van der Waals surface area (Å²) in [7, 11) is 0. The van der Waals surface area contributed by atoms with Gasteiger partial charge in [-0.2, -0.15) is 12.6 Å². The van der Waals surface area contributed by atoms with Crippen molar-refractivity contribution in [2.45, 2.75) is 37.5 Å². The molecule has 0 aliphatic heterocycles. The lowest BCUT2D eigenvalue weighted by molar-refractivity contribution is 0.590. The minimum absolute atomic E-state index is 0.258. The second-order valence-electron chi connectivity index (χ2n) is 4.70. The molecule has 1 aromatic carbocycles. The van der Waals surface area contributed by atoms with E-state index < -0.39 is 0 Å². The second-order valence-corrected chi connectivity index (χ2v) is 6.32. The van der Waals surface area contributed by atoms with Gasteiger partial charge in [-0.05, 0) is 41.0 Å². The standard InChI is InChI=1S/C13H20S2/c1-13(2,3)11-5-7-12(8-6-11)15-10-4-9-14/h5-8,14H,4,9-10H2,1-3H3. The summed E-state index contributed by atoms with van der Waals surface area (Å²) in [6.07, 6.45) is 1.18. The summed E-state index contributed by atoms with van der Waals surface area (Å²) in [5, 5.41) is 0. The van der Waals surface area contributed by atoms with E-state index in [4.69, 9.17) is 0 Å². The van der Waals surface area contributed by atoms with Gasteiger partial charge >= 0.3 is 0 Å². The van der Waals surface area contributed by atoms with Gasteiger partial charge in [-0.3, -0.25) is 0 Å². The van der Waals surface area contributed by atoms with Crippen LogP contribution in [0.5, 0.6) is 0 Å². The fourth-order valence-electron chi connectivity index (χ4n) is 1.31. The summed E-state index contributed by atoms with van der Waals surface area (Å²) in [6.45, 7) is 6.74. The van der Waals surface area contributed by atoms with Crippen molar-refractivity contribution in [1.82, 2.24) is 0 Å². The molecular formula is C13H20S2. The van der Waals surface area contributed by atoms with Crippen molar-refractivity contribution in [3.8, 4) is 0 Å². The molecule has 0 spiro atoms. The largest absolute Gasteiger partial charge is 0.179 e. The minimum atomic E-state index is 0.258. The van der Waals surface area contributed by atoms with Crippen LogP contribution in [0.1, 0.15) is 32.8 Å². The van der Waals surface area contributed by atoms with Crippen molar-refractivity contribution in [2.75, 3.05) is 11.5 Å². The lowest BCUT2D eigenvalue weighted by atomic mass is 9.87. The number of thiol groups is 1. The summed E-state index contributed by atoms with van der Waals surface area (Å²) < 4.78 is 0. The van der Waals surface area contributed by atoms with Crippen LogP contribution in [0.15, 0.2) is 29.2 Å². The first-order chi connectivity index (χ1) is 7.04. The van der Waals surface area contributed by atoms with Crippen LogP contribution in [0.3, 0.4) is 0 Å². The van der Waals surface area contributed by atoms with Gasteiger partial charge in [0.15, 0.2) is 0 Å². The Bertz CT molecular complexity index is 282. The Morgan fingerprint density at radius 2 is 1.73 bits per heavy atom. The van der Waals surface area contributed by atoms with E-state index in [1.165, 1.54) is 22.6 Å². The van der Waals surface area contributed by atoms with E-state index in [9.17, 15) is 0 Å². The summed E-state index contributed by atoms with van der Waals surface area (Å²) >= 11 is 6.12. The monoisotopic (exact) mass is 240 g/mol. The third-order valence-corrected chi connectivity index (χ3v) is 3.71. The minimum Gasteiger partial charge on any atom is -0.179 e. The van der Waals surface area contributed by atoms with Crippen LogP contribution in [-0.2, 0) is 5.41 Å². The van der Waals surface area contributed by atoms with Crippen LogP contribution in [0.25, 0.3) is 0 Å². The molecule has 0 amide bonds.